The van der Waals surface area contributed by atoms with Crippen LogP contribution in [0.15, 0.2) is 36.5 Å². The van der Waals surface area contributed by atoms with Gasteiger partial charge in [-0.2, -0.15) is 15.0 Å². The summed E-state index contributed by atoms with van der Waals surface area (Å²) in [7, 11) is 3.81. The lowest BCUT2D eigenvalue weighted by atomic mass is 10.3. The van der Waals surface area contributed by atoms with Gasteiger partial charge in [0.1, 0.15) is 0 Å². The number of likely N-dealkylation sites (N-methyl/N-ethyl adjacent to an activating group) is 1. The Hall–Kier alpha value is -1.76. The number of benzene rings is 1. The molecule has 2 rings (SSSR count). The van der Waals surface area contributed by atoms with Gasteiger partial charge in [0.25, 0.3) is 0 Å². The first-order valence-corrected chi connectivity index (χ1v) is 7.14. The second-order valence-corrected chi connectivity index (χ2v) is 4.93. The van der Waals surface area contributed by atoms with Crippen LogP contribution < -0.4 is 5.32 Å². The number of para-hydroxylation sites is 1. The smallest absolute Gasteiger partial charge is 0.0969 e. The average Bonchev–Trinajstić information content (AvgIpc) is 2.99. The molecular formula is C15H23N5O. The van der Waals surface area contributed by atoms with Crippen LogP contribution in [0, 0.1) is 0 Å². The van der Waals surface area contributed by atoms with E-state index >= 15 is 0 Å². The topological polar surface area (TPSA) is 55.2 Å². The lowest BCUT2D eigenvalue weighted by molar-refractivity contribution is 0.161. The number of rotatable bonds is 9. The van der Waals surface area contributed by atoms with Crippen molar-refractivity contribution in [3.8, 4) is 5.69 Å². The summed E-state index contributed by atoms with van der Waals surface area (Å²) in [5.74, 6) is 0. The number of aromatic nitrogens is 3. The Morgan fingerprint density at radius 3 is 2.81 bits per heavy atom. The highest BCUT2D eigenvalue weighted by Crippen LogP contribution is 2.03. The van der Waals surface area contributed by atoms with Crippen LogP contribution in [-0.4, -0.2) is 60.3 Å². The molecule has 0 aliphatic rings. The second kappa shape index (κ2) is 8.51. The molecule has 21 heavy (non-hydrogen) atoms. The van der Waals surface area contributed by atoms with Crippen molar-refractivity contribution in [3.63, 3.8) is 0 Å². The molecule has 0 saturated heterocycles. The summed E-state index contributed by atoms with van der Waals surface area (Å²) in [6, 6.07) is 9.92. The molecule has 6 nitrogen and oxygen atoms in total. The summed E-state index contributed by atoms with van der Waals surface area (Å²) in [6.45, 7) is 4.34. The molecule has 0 bridgehead atoms. The van der Waals surface area contributed by atoms with Gasteiger partial charge in [-0.1, -0.05) is 18.2 Å². The third kappa shape index (κ3) is 5.26. The first-order chi connectivity index (χ1) is 10.3. The van der Waals surface area contributed by atoms with Crippen LogP contribution in [0.4, 0.5) is 0 Å². The van der Waals surface area contributed by atoms with E-state index in [4.69, 9.17) is 4.74 Å². The van der Waals surface area contributed by atoms with Crippen molar-refractivity contribution < 1.29 is 4.74 Å². The number of nitrogens with one attached hydrogen (secondary N) is 1. The minimum absolute atomic E-state index is 0.727. The van der Waals surface area contributed by atoms with E-state index in [0.29, 0.717) is 0 Å². The molecular weight excluding hydrogens is 266 g/mol. The van der Waals surface area contributed by atoms with Crippen LogP contribution >= 0.6 is 0 Å². The molecule has 0 aliphatic heterocycles. The summed E-state index contributed by atoms with van der Waals surface area (Å²) < 4.78 is 5.05. The van der Waals surface area contributed by atoms with Gasteiger partial charge in [-0.05, 0) is 19.2 Å². The molecule has 1 N–H and O–H groups in total. The van der Waals surface area contributed by atoms with E-state index in [2.05, 4.69) is 27.5 Å². The van der Waals surface area contributed by atoms with Crippen molar-refractivity contribution in [3.05, 3.63) is 42.2 Å². The Bertz CT molecular complexity index is 514. The third-order valence-electron chi connectivity index (χ3n) is 3.18. The zero-order valence-electron chi connectivity index (χ0n) is 12.7. The molecule has 114 valence electrons. The molecule has 0 radical (unpaired) electrons. The molecule has 1 aromatic heterocycles. The van der Waals surface area contributed by atoms with Gasteiger partial charge >= 0.3 is 0 Å². The summed E-state index contributed by atoms with van der Waals surface area (Å²) >= 11 is 0. The Morgan fingerprint density at radius 1 is 1.24 bits per heavy atom. The van der Waals surface area contributed by atoms with Crippen molar-refractivity contribution in [1.82, 2.24) is 25.2 Å². The number of nitrogens with zero attached hydrogens (tertiary/aromatic N) is 4. The lowest BCUT2D eigenvalue weighted by Gasteiger charge is -2.15. The van der Waals surface area contributed by atoms with Gasteiger partial charge in [-0.25, -0.2) is 0 Å². The second-order valence-electron chi connectivity index (χ2n) is 4.93. The summed E-state index contributed by atoms with van der Waals surface area (Å²) in [5, 5.41) is 12.1. The van der Waals surface area contributed by atoms with Gasteiger partial charge < -0.3 is 15.0 Å². The first-order valence-electron chi connectivity index (χ1n) is 7.14. The Balaban J connectivity index is 1.71. The number of ether oxygens (including phenoxy) is 1. The van der Waals surface area contributed by atoms with Gasteiger partial charge in [-0.15, -0.1) is 0 Å². The molecule has 0 unspecified atom stereocenters. The fourth-order valence-electron chi connectivity index (χ4n) is 1.91. The van der Waals surface area contributed by atoms with Crippen molar-refractivity contribution in [1.29, 1.82) is 0 Å². The number of hydrogen-bond acceptors (Lipinski definition) is 5. The van der Waals surface area contributed by atoms with Gasteiger partial charge in [-0.3, -0.25) is 0 Å². The Labute approximate surface area is 125 Å². The molecule has 0 spiro atoms. The fourth-order valence-corrected chi connectivity index (χ4v) is 1.91. The first kappa shape index (κ1) is 15.6. The molecule has 0 saturated carbocycles. The third-order valence-corrected chi connectivity index (χ3v) is 3.18. The standard InChI is InChI=1S/C15H23N5O/c1-19(10-11-21-2)9-8-16-12-14-13-17-20(18-14)15-6-4-3-5-7-15/h3-7,13,16H,8-12H2,1-2H3. The van der Waals surface area contributed by atoms with Gasteiger partial charge in [0, 0.05) is 33.3 Å². The summed E-state index contributed by atoms with van der Waals surface area (Å²) in [4.78, 5) is 3.89. The zero-order valence-corrected chi connectivity index (χ0v) is 12.7. The van der Waals surface area contributed by atoms with E-state index in [1.54, 1.807) is 18.1 Å². The van der Waals surface area contributed by atoms with Crippen LogP contribution in [0.25, 0.3) is 5.69 Å². The largest absolute Gasteiger partial charge is 0.383 e. The minimum atomic E-state index is 0.727. The highest BCUT2D eigenvalue weighted by Gasteiger charge is 2.02. The monoisotopic (exact) mass is 289 g/mol. The van der Waals surface area contributed by atoms with E-state index < -0.39 is 0 Å². The van der Waals surface area contributed by atoms with Crippen LogP contribution in [0.5, 0.6) is 0 Å². The predicted octanol–water partition coefficient (Wildman–Crippen LogP) is 0.935. The Morgan fingerprint density at radius 2 is 2.05 bits per heavy atom. The van der Waals surface area contributed by atoms with E-state index in [1.165, 1.54) is 0 Å². The molecule has 2 aromatic rings. The van der Waals surface area contributed by atoms with Crippen molar-refractivity contribution in [2.45, 2.75) is 6.54 Å². The van der Waals surface area contributed by atoms with Crippen LogP contribution in [0.3, 0.4) is 0 Å². The quantitative estimate of drug-likeness (QED) is 0.696. The maximum atomic E-state index is 5.05. The molecule has 0 aliphatic carbocycles. The van der Waals surface area contributed by atoms with Crippen LogP contribution in [-0.2, 0) is 11.3 Å². The summed E-state index contributed by atoms with van der Waals surface area (Å²) in [6.07, 6.45) is 1.80. The van der Waals surface area contributed by atoms with Gasteiger partial charge in [0.15, 0.2) is 0 Å². The SMILES string of the molecule is COCCN(C)CCNCc1cnn(-c2ccccc2)n1. The molecule has 0 atom stereocenters. The van der Waals surface area contributed by atoms with E-state index in [1.807, 2.05) is 30.3 Å². The number of methoxy groups -OCH3 is 1. The predicted molar refractivity (Wildman–Crippen MR) is 82.4 cm³/mol. The maximum absolute atomic E-state index is 5.05. The molecule has 0 fully saturated rings. The lowest BCUT2D eigenvalue weighted by Crippen LogP contribution is -2.31. The van der Waals surface area contributed by atoms with Crippen molar-refractivity contribution >= 4 is 0 Å². The van der Waals surface area contributed by atoms with E-state index in [9.17, 15) is 0 Å². The zero-order chi connectivity index (χ0) is 14.9. The molecule has 0 amide bonds. The average molecular weight is 289 g/mol. The number of hydrogen-bond donors (Lipinski definition) is 1. The summed E-state index contributed by atoms with van der Waals surface area (Å²) in [5.41, 5.74) is 1.92. The maximum Gasteiger partial charge on any atom is 0.0969 e. The minimum Gasteiger partial charge on any atom is -0.383 e. The highest BCUT2D eigenvalue weighted by molar-refractivity contribution is 5.28. The normalized spacial score (nSPS) is 11.2. The Kier molecular flexibility index (Phi) is 6.33. The van der Waals surface area contributed by atoms with E-state index in [0.717, 1.165) is 44.2 Å². The fraction of sp³-hybridized carbons (Fsp3) is 0.467. The van der Waals surface area contributed by atoms with E-state index in [-0.39, 0.29) is 0 Å². The highest BCUT2D eigenvalue weighted by atomic mass is 16.5. The van der Waals surface area contributed by atoms with Gasteiger partial charge in [0.05, 0.1) is 24.2 Å². The van der Waals surface area contributed by atoms with Gasteiger partial charge in [0.2, 0.25) is 0 Å². The van der Waals surface area contributed by atoms with Crippen molar-refractivity contribution in [2.75, 3.05) is 40.4 Å². The molecule has 1 heterocycles. The molecule has 6 heteroatoms. The van der Waals surface area contributed by atoms with Crippen LogP contribution in [0.2, 0.25) is 0 Å². The van der Waals surface area contributed by atoms with Crippen molar-refractivity contribution in [2.24, 2.45) is 0 Å². The molecule has 1 aromatic carbocycles. The van der Waals surface area contributed by atoms with Crippen LogP contribution in [0.1, 0.15) is 5.69 Å².